The lowest BCUT2D eigenvalue weighted by Gasteiger charge is -2.23. The van der Waals surface area contributed by atoms with Gasteiger partial charge in [-0.1, -0.05) is 6.92 Å². The van der Waals surface area contributed by atoms with Crippen LogP contribution in [0.3, 0.4) is 0 Å². The lowest BCUT2D eigenvalue weighted by molar-refractivity contribution is 0.0928. The number of aromatic amines is 1. The summed E-state index contributed by atoms with van der Waals surface area (Å²) in [5, 5.41) is 12.0. The molecular formula is C14H18N4OS. The number of carbonyl (C=O) groups excluding carboxylic acids is 1. The lowest BCUT2D eigenvalue weighted by Crippen LogP contribution is -2.31. The third-order valence-corrected chi connectivity index (χ3v) is 4.81. The van der Waals surface area contributed by atoms with Gasteiger partial charge in [0.25, 0.3) is 5.91 Å². The number of H-pyrrole nitrogens is 1. The Labute approximate surface area is 121 Å². The number of rotatable bonds is 3. The Kier molecular flexibility index (Phi) is 3.48. The van der Waals surface area contributed by atoms with E-state index in [1.807, 2.05) is 6.92 Å². The lowest BCUT2D eigenvalue weighted by atomic mass is 9.94. The molecule has 0 saturated heterocycles. The number of nitrogens with two attached hydrogens (primary N) is 1. The van der Waals surface area contributed by atoms with E-state index in [1.165, 1.54) is 10.4 Å². The number of amides is 1. The Morgan fingerprint density at radius 1 is 1.65 bits per heavy atom. The molecule has 4 N–H and O–H groups in total. The van der Waals surface area contributed by atoms with Crippen LogP contribution in [-0.2, 0) is 12.8 Å². The number of anilines is 1. The Morgan fingerprint density at radius 2 is 2.50 bits per heavy atom. The largest absolute Gasteiger partial charge is 0.395 e. The SMILES string of the molecule is CCc1[nH]nc(C(=O)NC2CCCc3sccc32)c1N. The number of hydrogen-bond acceptors (Lipinski definition) is 4. The molecule has 2 aromatic rings. The topological polar surface area (TPSA) is 83.8 Å². The second kappa shape index (κ2) is 5.28. The Balaban J connectivity index is 1.79. The van der Waals surface area contributed by atoms with Gasteiger partial charge >= 0.3 is 0 Å². The van der Waals surface area contributed by atoms with Crippen LogP contribution in [0, 0.1) is 0 Å². The van der Waals surface area contributed by atoms with Crippen LogP contribution in [-0.4, -0.2) is 16.1 Å². The average molecular weight is 290 g/mol. The van der Waals surface area contributed by atoms with Crippen molar-refractivity contribution in [1.29, 1.82) is 0 Å². The molecule has 2 heterocycles. The molecule has 106 valence electrons. The molecule has 5 nitrogen and oxygen atoms in total. The fourth-order valence-corrected chi connectivity index (χ4v) is 3.68. The quantitative estimate of drug-likeness (QED) is 0.811. The van der Waals surface area contributed by atoms with E-state index in [2.05, 4.69) is 27.0 Å². The molecule has 1 unspecified atom stereocenters. The highest BCUT2D eigenvalue weighted by molar-refractivity contribution is 7.10. The first-order chi connectivity index (χ1) is 9.70. The molecule has 3 rings (SSSR count). The molecule has 6 heteroatoms. The summed E-state index contributed by atoms with van der Waals surface area (Å²) in [6.45, 7) is 1.98. The van der Waals surface area contributed by atoms with Crippen molar-refractivity contribution in [3.05, 3.63) is 33.3 Å². The first-order valence-corrected chi connectivity index (χ1v) is 7.78. The molecule has 0 fully saturated rings. The number of aromatic nitrogens is 2. The normalized spacial score (nSPS) is 17.8. The minimum Gasteiger partial charge on any atom is -0.395 e. The van der Waals surface area contributed by atoms with E-state index >= 15 is 0 Å². The molecular weight excluding hydrogens is 272 g/mol. The number of nitrogens with zero attached hydrogens (tertiary/aromatic N) is 1. The van der Waals surface area contributed by atoms with Gasteiger partial charge < -0.3 is 11.1 Å². The Hall–Kier alpha value is -1.82. The van der Waals surface area contributed by atoms with Crippen LogP contribution in [0.25, 0.3) is 0 Å². The second-order valence-electron chi connectivity index (χ2n) is 5.04. The molecule has 0 radical (unpaired) electrons. The van der Waals surface area contributed by atoms with Gasteiger partial charge in [-0.25, -0.2) is 0 Å². The molecule has 0 aliphatic heterocycles. The van der Waals surface area contributed by atoms with Crippen LogP contribution in [0.5, 0.6) is 0 Å². The summed E-state index contributed by atoms with van der Waals surface area (Å²) in [5.41, 5.74) is 8.78. The maximum Gasteiger partial charge on any atom is 0.274 e. The summed E-state index contributed by atoms with van der Waals surface area (Å²) in [5.74, 6) is -0.192. The van der Waals surface area contributed by atoms with Gasteiger partial charge in [0.1, 0.15) is 0 Å². The van der Waals surface area contributed by atoms with Crippen LogP contribution in [0.2, 0.25) is 0 Å². The molecule has 1 atom stereocenters. The van der Waals surface area contributed by atoms with Crippen LogP contribution in [0.15, 0.2) is 11.4 Å². The fourth-order valence-electron chi connectivity index (χ4n) is 2.69. The minimum absolute atomic E-state index is 0.0821. The highest BCUT2D eigenvalue weighted by Gasteiger charge is 2.25. The van der Waals surface area contributed by atoms with Crippen molar-refractivity contribution in [1.82, 2.24) is 15.5 Å². The van der Waals surface area contributed by atoms with Gasteiger partial charge in [0.15, 0.2) is 5.69 Å². The number of hydrogen-bond donors (Lipinski definition) is 3. The average Bonchev–Trinajstić information content (AvgIpc) is 3.05. The fraction of sp³-hybridized carbons (Fsp3) is 0.429. The van der Waals surface area contributed by atoms with E-state index in [4.69, 9.17) is 5.73 Å². The van der Waals surface area contributed by atoms with Crippen molar-refractivity contribution in [3.8, 4) is 0 Å². The summed E-state index contributed by atoms with van der Waals surface area (Å²) in [4.78, 5) is 13.7. The highest BCUT2D eigenvalue weighted by atomic mass is 32.1. The molecule has 1 amide bonds. The van der Waals surface area contributed by atoms with Crippen molar-refractivity contribution in [2.75, 3.05) is 5.73 Å². The number of nitrogen functional groups attached to an aromatic ring is 1. The zero-order valence-electron chi connectivity index (χ0n) is 11.4. The van der Waals surface area contributed by atoms with Gasteiger partial charge in [0.05, 0.1) is 17.4 Å². The van der Waals surface area contributed by atoms with Crippen LogP contribution in [0.1, 0.15) is 52.4 Å². The van der Waals surface area contributed by atoms with E-state index in [-0.39, 0.29) is 11.9 Å². The number of thiophene rings is 1. The zero-order valence-corrected chi connectivity index (χ0v) is 12.2. The highest BCUT2D eigenvalue weighted by Crippen LogP contribution is 2.33. The summed E-state index contributed by atoms with van der Waals surface area (Å²) >= 11 is 1.77. The van der Waals surface area contributed by atoms with Gasteiger partial charge in [-0.05, 0) is 42.7 Å². The smallest absolute Gasteiger partial charge is 0.274 e. The summed E-state index contributed by atoms with van der Waals surface area (Å²) in [6, 6.07) is 2.19. The van der Waals surface area contributed by atoms with Crippen molar-refractivity contribution >= 4 is 22.9 Å². The van der Waals surface area contributed by atoms with E-state index in [0.29, 0.717) is 11.4 Å². The first kappa shape index (κ1) is 13.2. The molecule has 0 aromatic carbocycles. The Bertz CT molecular complexity index is 631. The zero-order chi connectivity index (χ0) is 14.1. The maximum absolute atomic E-state index is 12.3. The Morgan fingerprint density at radius 3 is 3.25 bits per heavy atom. The monoisotopic (exact) mass is 290 g/mol. The minimum atomic E-state index is -0.192. The van der Waals surface area contributed by atoms with Crippen molar-refractivity contribution in [2.45, 2.75) is 38.6 Å². The summed E-state index contributed by atoms with van der Waals surface area (Å²) in [6.07, 6.45) is 3.93. The molecule has 2 aromatic heterocycles. The van der Waals surface area contributed by atoms with E-state index in [9.17, 15) is 4.79 Å². The predicted octanol–water partition coefficient (Wildman–Crippen LogP) is 2.42. The second-order valence-corrected chi connectivity index (χ2v) is 6.04. The molecule has 0 bridgehead atoms. The van der Waals surface area contributed by atoms with Gasteiger partial charge in [-0.2, -0.15) is 5.10 Å². The van der Waals surface area contributed by atoms with Gasteiger partial charge in [0, 0.05) is 4.88 Å². The van der Waals surface area contributed by atoms with E-state index < -0.39 is 0 Å². The summed E-state index contributed by atoms with van der Waals surface area (Å²) in [7, 11) is 0. The van der Waals surface area contributed by atoms with E-state index in [0.717, 1.165) is 31.4 Å². The molecule has 20 heavy (non-hydrogen) atoms. The predicted molar refractivity (Wildman–Crippen MR) is 79.8 cm³/mol. The molecule has 0 saturated carbocycles. The van der Waals surface area contributed by atoms with Crippen LogP contribution >= 0.6 is 11.3 Å². The van der Waals surface area contributed by atoms with Crippen molar-refractivity contribution < 1.29 is 4.79 Å². The molecule has 1 aliphatic rings. The van der Waals surface area contributed by atoms with Gasteiger partial charge in [-0.3, -0.25) is 9.89 Å². The standard InChI is InChI=1S/C14H18N4OS/c1-2-9-12(15)13(18-17-9)14(19)16-10-4-3-5-11-8(10)6-7-20-11/h6-7,10H,2-5,15H2,1H3,(H,16,19)(H,17,18). The third kappa shape index (κ3) is 2.20. The van der Waals surface area contributed by atoms with E-state index in [1.54, 1.807) is 11.3 Å². The van der Waals surface area contributed by atoms with Crippen molar-refractivity contribution in [2.24, 2.45) is 0 Å². The number of nitrogens with one attached hydrogen (secondary N) is 2. The maximum atomic E-state index is 12.3. The van der Waals surface area contributed by atoms with Crippen LogP contribution in [0.4, 0.5) is 5.69 Å². The first-order valence-electron chi connectivity index (χ1n) is 6.90. The molecule has 0 spiro atoms. The van der Waals surface area contributed by atoms with Crippen molar-refractivity contribution in [3.63, 3.8) is 0 Å². The van der Waals surface area contributed by atoms with Gasteiger partial charge in [0.2, 0.25) is 0 Å². The van der Waals surface area contributed by atoms with Gasteiger partial charge in [-0.15, -0.1) is 11.3 Å². The number of carbonyl (C=O) groups is 1. The summed E-state index contributed by atoms with van der Waals surface area (Å²) < 4.78 is 0. The van der Waals surface area contributed by atoms with Crippen LogP contribution < -0.4 is 11.1 Å². The number of aryl methyl sites for hydroxylation is 2. The third-order valence-electron chi connectivity index (χ3n) is 3.81. The molecule has 1 aliphatic carbocycles. The number of fused-ring (bicyclic) bond motifs is 1.